The molecule has 0 spiro atoms. The molecule has 1 atom stereocenters. The Morgan fingerprint density at radius 3 is 3.00 bits per heavy atom. The average Bonchev–Trinajstić information content (AvgIpc) is 3.35. The summed E-state index contributed by atoms with van der Waals surface area (Å²) in [7, 11) is 0. The van der Waals surface area contributed by atoms with Crippen molar-refractivity contribution in [2.24, 2.45) is 10.9 Å². The smallest absolute Gasteiger partial charge is 0.191 e. The summed E-state index contributed by atoms with van der Waals surface area (Å²) in [6.45, 7) is 6.81. The number of anilines is 1. The molecule has 1 aromatic heterocycles. The van der Waals surface area contributed by atoms with Crippen molar-refractivity contribution in [3.05, 3.63) is 24.1 Å². The maximum Gasteiger partial charge on any atom is 0.191 e. The molecule has 8 heteroatoms. The van der Waals surface area contributed by atoms with Gasteiger partial charge in [0.25, 0.3) is 0 Å². The first-order valence-electron chi connectivity index (χ1n) is 9.74. The van der Waals surface area contributed by atoms with Gasteiger partial charge in [0.2, 0.25) is 0 Å². The van der Waals surface area contributed by atoms with Crippen molar-refractivity contribution in [2.45, 2.75) is 38.6 Å². The van der Waals surface area contributed by atoms with E-state index >= 15 is 0 Å². The number of pyridine rings is 1. The molecular weight excluding hydrogens is 460 g/mol. The van der Waals surface area contributed by atoms with Gasteiger partial charge in [-0.05, 0) is 50.7 Å². The average molecular weight is 491 g/mol. The molecule has 1 saturated carbocycles. The first-order chi connectivity index (χ1) is 12.8. The Morgan fingerprint density at radius 1 is 1.41 bits per heavy atom. The molecule has 1 aliphatic carbocycles. The molecule has 2 fully saturated rings. The maximum atomic E-state index is 13.9. The van der Waals surface area contributed by atoms with Gasteiger partial charge in [0.05, 0.1) is 0 Å². The van der Waals surface area contributed by atoms with Gasteiger partial charge in [-0.2, -0.15) is 0 Å². The molecule has 3 rings (SSSR count). The Morgan fingerprint density at radius 2 is 2.26 bits per heavy atom. The lowest BCUT2D eigenvalue weighted by Gasteiger charge is -2.19. The molecule has 0 bridgehead atoms. The van der Waals surface area contributed by atoms with E-state index < -0.39 is 0 Å². The van der Waals surface area contributed by atoms with Crippen molar-refractivity contribution in [3.8, 4) is 0 Å². The molecule has 2 N–H and O–H groups in total. The number of halogens is 2. The fraction of sp³-hybridized carbons (Fsp3) is 0.684. The molecule has 152 valence electrons. The first kappa shape index (κ1) is 22.1. The Labute approximate surface area is 178 Å². The van der Waals surface area contributed by atoms with Crippen molar-refractivity contribution in [1.82, 2.24) is 15.6 Å². The lowest BCUT2D eigenvalue weighted by molar-refractivity contribution is 0.123. The summed E-state index contributed by atoms with van der Waals surface area (Å²) < 4.78 is 19.5. The van der Waals surface area contributed by atoms with Gasteiger partial charge in [-0.3, -0.25) is 4.99 Å². The van der Waals surface area contributed by atoms with E-state index in [4.69, 9.17) is 4.74 Å². The Hall–Kier alpha value is -1.16. The topological polar surface area (TPSA) is 61.8 Å². The third kappa shape index (κ3) is 7.40. The summed E-state index contributed by atoms with van der Waals surface area (Å²) in [5.74, 6) is 1.81. The number of hydrogen-bond acceptors (Lipinski definition) is 4. The molecule has 2 aliphatic rings. The van der Waals surface area contributed by atoms with Gasteiger partial charge in [0, 0.05) is 51.6 Å². The fourth-order valence-corrected chi connectivity index (χ4v) is 3.09. The summed E-state index contributed by atoms with van der Waals surface area (Å²) in [6.07, 6.45) is 6.15. The predicted molar refractivity (Wildman–Crippen MR) is 118 cm³/mol. The highest BCUT2D eigenvalue weighted by Gasteiger charge is 2.26. The summed E-state index contributed by atoms with van der Waals surface area (Å²) in [4.78, 5) is 10.8. The molecule has 6 nitrogen and oxygen atoms in total. The second-order valence-corrected chi connectivity index (χ2v) is 7.02. The minimum atomic E-state index is -0.264. The van der Waals surface area contributed by atoms with Crippen LogP contribution < -0.4 is 15.5 Å². The largest absolute Gasteiger partial charge is 0.381 e. The third-order valence-corrected chi connectivity index (χ3v) is 4.68. The number of guanidine groups is 1. The minimum Gasteiger partial charge on any atom is -0.381 e. The fourth-order valence-electron chi connectivity index (χ4n) is 3.09. The summed E-state index contributed by atoms with van der Waals surface area (Å²) in [5, 5.41) is 6.75. The van der Waals surface area contributed by atoms with E-state index in [0.717, 1.165) is 64.1 Å². The van der Waals surface area contributed by atoms with E-state index in [1.807, 2.05) is 4.90 Å². The van der Waals surface area contributed by atoms with E-state index in [-0.39, 0.29) is 35.8 Å². The molecule has 27 heavy (non-hydrogen) atoms. The van der Waals surface area contributed by atoms with E-state index in [1.165, 1.54) is 18.9 Å². The van der Waals surface area contributed by atoms with Crippen LogP contribution >= 0.6 is 24.0 Å². The lowest BCUT2D eigenvalue weighted by atomic mass is 10.3. The van der Waals surface area contributed by atoms with E-state index in [9.17, 15) is 4.39 Å². The Balaban J connectivity index is 0.00000261. The number of aromatic nitrogens is 1. The van der Waals surface area contributed by atoms with Crippen molar-refractivity contribution >= 4 is 35.8 Å². The number of aliphatic imine (C=N–C) groups is 1. The van der Waals surface area contributed by atoms with E-state index in [2.05, 4.69) is 27.5 Å². The number of ether oxygens (including phenoxy) is 1. The van der Waals surface area contributed by atoms with Crippen LogP contribution in [0, 0.1) is 11.7 Å². The molecule has 0 amide bonds. The van der Waals surface area contributed by atoms with Gasteiger partial charge in [-0.25, -0.2) is 9.37 Å². The van der Waals surface area contributed by atoms with Crippen LogP contribution in [0.3, 0.4) is 0 Å². The van der Waals surface area contributed by atoms with Gasteiger partial charge in [-0.15, -0.1) is 24.0 Å². The van der Waals surface area contributed by atoms with Gasteiger partial charge in [0.1, 0.15) is 0 Å². The van der Waals surface area contributed by atoms with Crippen LogP contribution in [0.4, 0.5) is 10.2 Å². The number of nitrogens with one attached hydrogen (secondary N) is 2. The number of hydrogen-bond donors (Lipinski definition) is 2. The zero-order valence-corrected chi connectivity index (χ0v) is 18.3. The lowest BCUT2D eigenvalue weighted by Crippen LogP contribution is -2.44. The minimum absolute atomic E-state index is 0. The Bertz CT molecular complexity index is 599. The van der Waals surface area contributed by atoms with Crippen LogP contribution in [0.1, 0.15) is 32.6 Å². The highest BCUT2D eigenvalue weighted by Crippen LogP contribution is 2.28. The normalized spacial score (nSPS) is 19.7. The molecular formula is C19H31FIN5O. The van der Waals surface area contributed by atoms with E-state index in [0.29, 0.717) is 5.82 Å². The Kier molecular flexibility index (Phi) is 9.53. The predicted octanol–water partition coefficient (Wildman–Crippen LogP) is 2.79. The zero-order chi connectivity index (χ0) is 18.2. The third-order valence-electron chi connectivity index (χ3n) is 4.68. The van der Waals surface area contributed by atoms with Crippen molar-refractivity contribution in [2.75, 3.05) is 44.3 Å². The van der Waals surface area contributed by atoms with Gasteiger partial charge in [0.15, 0.2) is 17.6 Å². The zero-order valence-electron chi connectivity index (χ0n) is 16.0. The van der Waals surface area contributed by atoms with Crippen LogP contribution in [0.5, 0.6) is 0 Å². The summed E-state index contributed by atoms with van der Waals surface area (Å²) in [5.41, 5.74) is 0. The van der Waals surface area contributed by atoms with Crippen LogP contribution in [-0.4, -0.2) is 56.4 Å². The standard InChI is InChI=1S/C19H30FN5O.HI/c1-2-21-19(23-10-4-12-26-14-15-6-7-15)24-16-8-11-25(13-16)18-17(20)5-3-9-22-18;/h3,5,9,15-16H,2,4,6-8,10-14H2,1H3,(H2,21,23,24);1H. The quantitative estimate of drug-likeness (QED) is 0.241. The van der Waals surface area contributed by atoms with Gasteiger partial charge < -0.3 is 20.3 Å². The molecule has 0 radical (unpaired) electrons. The highest BCUT2D eigenvalue weighted by molar-refractivity contribution is 14.0. The molecule has 1 saturated heterocycles. The van der Waals surface area contributed by atoms with Crippen molar-refractivity contribution in [3.63, 3.8) is 0 Å². The highest BCUT2D eigenvalue weighted by atomic mass is 127. The monoisotopic (exact) mass is 491 g/mol. The van der Waals surface area contributed by atoms with Crippen molar-refractivity contribution in [1.29, 1.82) is 0 Å². The maximum absolute atomic E-state index is 13.9. The molecule has 1 aliphatic heterocycles. The second-order valence-electron chi connectivity index (χ2n) is 7.02. The summed E-state index contributed by atoms with van der Waals surface area (Å²) >= 11 is 0. The molecule has 0 aromatic carbocycles. The second kappa shape index (κ2) is 11.6. The van der Waals surface area contributed by atoms with Gasteiger partial charge in [-0.1, -0.05) is 0 Å². The summed E-state index contributed by atoms with van der Waals surface area (Å²) in [6, 6.07) is 3.31. The van der Waals surface area contributed by atoms with Crippen LogP contribution in [0.25, 0.3) is 0 Å². The SMILES string of the molecule is CCNC(=NCCCOCC1CC1)NC1CCN(c2ncccc2F)C1.I. The van der Waals surface area contributed by atoms with Crippen LogP contribution in [0.2, 0.25) is 0 Å². The molecule has 1 unspecified atom stereocenters. The van der Waals surface area contributed by atoms with E-state index in [1.54, 1.807) is 12.3 Å². The van der Waals surface area contributed by atoms with Gasteiger partial charge >= 0.3 is 0 Å². The van der Waals surface area contributed by atoms with Crippen LogP contribution in [-0.2, 0) is 4.74 Å². The molecule has 2 heterocycles. The van der Waals surface area contributed by atoms with Crippen LogP contribution in [0.15, 0.2) is 23.3 Å². The van der Waals surface area contributed by atoms with Crippen molar-refractivity contribution < 1.29 is 9.13 Å². The molecule has 1 aromatic rings. The number of rotatable bonds is 9. The number of nitrogens with zero attached hydrogens (tertiary/aromatic N) is 3. The first-order valence-corrected chi connectivity index (χ1v) is 9.74.